The molecule has 0 spiro atoms. The Morgan fingerprint density at radius 3 is 2.31 bits per heavy atom. The Balaban J connectivity index is 2.38. The molecule has 2 aliphatic rings. The predicted molar refractivity (Wildman–Crippen MR) is 53.4 cm³/mol. The van der Waals surface area contributed by atoms with Crippen molar-refractivity contribution in [1.82, 2.24) is 0 Å². The van der Waals surface area contributed by atoms with Gasteiger partial charge >= 0.3 is 0 Å². The highest BCUT2D eigenvalue weighted by Gasteiger charge is 2.23. The van der Waals surface area contributed by atoms with Crippen molar-refractivity contribution in [2.75, 3.05) is 0 Å². The largest absolute Gasteiger partial charge is 0.289 e. The monoisotopic (exact) mass is 174 g/mol. The first-order valence-electron chi connectivity index (χ1n) is 4.81. The summed E-state index contributed by atoms with van der Waals surface area (Å²) < 4.78 is 0. The first kappa shape index (κ1) is 8.49. The molecule has 0 saturated carbocycles. The van der Waals surface area contributed by atoms with Gasteiger partial charge in [0, 0.05) is 5.57 Å². The summed E-state index contributed by atoms with van der Waals surface area (Å²) in [5, 5.41) is 0. The van der Waals surface area contributed by atoms with Crippen LogP contribution in [0.15, 0.2) is 34.4 Å². The van der Waals surface area contributed by atoms with Crippen LogP contribution in [0, 0.1) is 0 Å². The molecule has 13 heavy (non-hydrogen) atoms. The second-order valence-corrected chi connectivity index (χ2v) is 3.80. The highest BCUT2D eigenvalue weighted by Crippen LogP contribution is 2.33. The summed E-state index contributed by atoms with van der Waals surface area (Å²) in [5.41, 5.74) is 4.58. The molecule has 0 bridgehead atoms. The SMILES string of the molecule is CC1=CC/C(=C2\CCC=C2C)C1=O. The van der Waals surface area contributed by atoms with E-state index in [9.17, 15) is 4.79 Å². The molecule has 0 saturated heterocycles. The van der Waals surface area contributed by atoms with Crippen LogP contribution in [-0.4, -0.2) is 5.78 Å². The van der Waals surface area contributed by atoms with Crippen LogP contribution in [0.3, 0.4) is 0 Å². The lowest BCUT2D eigenvalue weighted by molar-refractivity contribution is -0.111. The van der Waals surface area contributed by atoms with Crippen molar-refractivity contribution in [3.63, 3.8) is 0 Å². The third kappa shape index (κ3) is 1.28. The lowest BCUT2D eigenvalue weighted by Gasteiger charge is -2.04. The van der Waals surface area contributed by atoms with E-state index in [1.165, 1.54) is 11.1 Å². The van der Waals surface area contributed by atoms with E-state index in [4.69, 9.17) is 0 Å². The zero-order chi connectivity index (χ0) is 9.42. The summed E-state index contributed by atoms with van der Waals surface area (Å²) in [6, 6.07) is 0. The van der Waals surface area contributed by atoms with Crippen LogP contribution in [0.25, 0.3) is 0 Å². The number of carbonyl (C=O) groups is 1. The van der Waals surface area contributed by atoms with E-state index < -0.39 is 0 Å². The molecule has 0 amide bonds. The number of Topliss-reactive ketones (excluding diaryl/α,β-unsaturated/α-hetero) is 1. The van der Waals surface area contributed by atoms with Gasteiger partial charge in [0.2, 0.25) is 0 Å². The van der Waals surface area contributed by atoms with Crippen molar-refractivity contribution >= 4 is 5.78 Å². The van der Waals surface area contributed by atoms with Gasteiger partial charge in [-0.3, -0.25) is 4.79 Å². The highest BCUT2D eigenvalue weighted by atomic mass is 16.1. The van der Waals surface area contributed by atoms with Crippen molar-refractivity contribution in [3.8, 4) is 0 Å². The Hall–Kier alpha value is -1.11. The zero-order valence-electron chi connectivity index (χ0n) is 8.18. The Morgan fingerprint density at radius 2 is 1.85 bits per heavy atom. The minimum atomic E-state index is 0.268. The van der Waals surface area contributed by atoms with Crippen LogP contribution in [0.2, 0.25) is 0 Å². The van der Waals surface area contributed by atoms with Crippen LogP contribution in [0.4, 0.5) is 0 Å². The van der Waals surface area contributed by atoms with E-state index in [-0.39, 0.29) is 5.78 Å². The van der Waals surface area contributed by atoms with Crippen molar-refractivity contribution in [2.24, 2.45) is 0 Å². The number of allylic oxidation sites excluding steroid dienone is 6. The molecule has 0 aromatic rings. The molecule has 68 valence electrons. The Morgan fingerprint density at radius 1 is 1.08 bits per heavy atom. The second kappa shape index (κ2) is 2.99. The quantitative estimate of drug-likeness (QED) is 0.516. The molecule has 1 heteroatoms. The molecular formula is C12H14O. The average molecular weight is 174 g/mol. The second-order valence-electron chi connectivity index (χ2n) is 3.80. The maximum Gasteiger partial charge on any atom is 0.184 e. The highest BCUT2D eigenvalue weighted by molar-refractivity contribution is 6.11. The zero-order valence-corrected chi connectivity index (χ0v) is 8.18. The number of hydrogen-bond donors (Lipinski definition) is 0. The van der Waals surface area contributed by atoms with Crippen molar-refractivity contribution in [1.29, 1.82) is 0 Å². The smallest absolute Gasteiger partial charge is 0.184 e. The summed E-state index contributed by atoms with van der Waals surface area (Å²) in [4.78, 5) is 11.7. The molecule has 0 fully saturated rings. The van der Waals surface area contributed by atoms with Gasteiger partial charge in [0.25, 0.3) is 0 Å². The summed E-state index contributed by atoms with van der Waals surface area (Å²) >= 11 is 0. The lowest BCUT2D eigenvalue weighted by Crippen LogP contribution is -2.00. The average Bonchev–Trinajstić information content (AvgIpc) is 2.62. The molecule has 0 aromatic carbocycles. The van der Waals surface area contributed by atoms with Gasteiger partial charge in [-0.2, -0.15) is 0 Å². The molecule has 1 nitrogen and oxygen atoms in total. The van der Waals surface area contributed by atoms with E-state index in [1.54, 1.807) is 0 Å². The van der Waals surface area contributed by atoms with Gasteiger partial charge in [-0.05, 0) is 44.3 Å². The van der Waals surface area contributed by atoms with Gasteiger partial charge in [0.15, 0.2) is 5.78 Å². The van der Waals surface area contributed by atoms with E-state index in [1.807, 2.05) is 13.0 Å². The molecule has 0 aliphatic heterocycles. The van der Waals surface area contributed by atoms with Crippen molar-refractivity contribution in [3.05, 3.63) is 34.4 Å². The molecule has 0 heterocycles. The van der Waals surface area contributed by atoms with Gasteiger partial charge < -0.3 is 0 Å². The third-order valence-corrected chi connectivity index (χ3v) is 2.93. The number of rotatable bonds is 0. The van der Waals surface area contributed by atoms with Crippen molar-refractivity contribution in [2.45, 2.75) is 33.1 Å². The van der Waals surface area contributed by atoms with E-state index in [0.717, 1.165) is 30.4 Å². The minimum absolute atomic E-state index is 0.268. The van der Waals surface area contributed by atoms with Gasteiger partial charge in [-0.1, -0.05) is 17.7 Å². The van der Waals surface area contributed by atoms with Gasteiger partial charge in [-0.15, -0.1) is 0 Å². The molecular weight excluding hydrogens is 160 g/mol. The van der Waals surface area contributed by atoms with E-state index in [0.29, 0.717) is 0 Å². The first-order chi connectivity index (χ1) is 6.20. The summed E-state index contributed by atoms with van der Waals surface area (Å²) in [7, 11) is 0. The van der Waals surface area contributed by atoms with Crippen LogP contribution < -0.4 is 0 Å². The summed E-state index contributed by atoms with van der Waals surface area (Å²) in [6.07, 6.45) is 7.29. The molecule has 0 atom stereocenters. The number of carbonyl (C=O) groups excluding carboxylic acids is 1. The molecule has 2 aliphatic carbocycles. The van der Waals surface area contributed by atoms with Crippen LogP contribution in [-0.2, 0) is 4.79 Å². The fourth-order valence-corrected chi connectivity index (χ4v) is 2.08. The third-order valence-electron chi connectivity index (χ3n) is 2.93. The first-order valence-corrected chi connectivity index (χ1v) is 4.81. The standard InChI is InChI=1S/C12H14O/c1-8-4-3-5-10(8)11-7-6-9(2)12(11)13/h4,6H,3,5,7H2,1-2H3/b11-10-. The molecule has 0 radical (unpaired) electrons. The molecule has 0 aromatic heterocycles. The normalized spacial score (nSPS) is 28.0. The lowest BCUT2D eigenvalue weighted by atomic mass is 9.99. The van der Waals surface area contributed by atoms with Crippen molar-refractivity contribution < 1.29 is 4.79 Å². The van der Waals surface area contributed by atoms with Crippen LogP contribution in [0.5, 0.6) is 0 Å². The fourth-order valence-electron chi connectivity index (χ4n) is 2.08. The van der Waals surface area contributed by atoms with Crippen LogP contribution in [0.1, 0.15) is 33.1 Å². The predicted octanol–water partition coefficient (Wildman–Crippen LogP) is 2.94. The van der Waals surface area contributed by atoms with Gasteiger partial charge in [0.1, 0.15) is 0 Å². The summed E-state index contributed by atoms with van der Waals surface area (Å²) in [6.45, 7) is 4.01. The Bertz CT molecular complexity index is 353. The number of ketones is 1. The van der Waals surface area contributed by atoms with Gasteiger partial charge in [-0.25, -0.2) is 0 Å². The van der Waals surface area contributed by atoms with Gasteiger partial charge in [0.05, 0.1) is 0 Å². The molecule has 0 N–H and O–H groups in total. The maximum absolute atomic E-state index is 11.7. The molecule has 2 rings (SSSR count). The Labute approximate surface area is 78.8 Å². The number of hydrogen-bond acceptors (Lipinski definition) is 1. The maximum atomic E-state index is 11.7. The topological polar surface area (TPSA) is 17.1 Å². The fraction of sp³-hybridized carbons (Fsp3) is 0.417. The van der Waals surface area contributed by atoms with E-state index in [2.05, 4.69) is 13.0 Å². The van der Waals surface area contributed by atoms with Crippen LogP contribution >= 0.6 is 0 Å². The minimum Gasteiger partial charge on any atom is -0.289 e. The van der Waals surface area contributed by atoms with E-state index >= 15 is 0 Å². The molecule has 0 unspecified atom stereocenters. The summed E-state index contributed by atoms with van der Waals surface area (Å²) in [5.74, 6) is 0.268. The Kier molecular flexibility index (Phi) is 1.95.